The third kappa shape index (κ3) is 2.51. The van der Waals surface area contributed by atoms with Gasteiger partial charge in [0.25, 0.3) is 5.91 Å². The number of hydrogen-bond acceptors (Lipinski definition) is 6. The average Bonchev–Trinajstić information content (AvgIpc) is 2.98. The van der Waals surface area contributed by atoms with Crippen LogP contribution < -0.4 is 5.32 Å². The van der Waals surface area contributed by atoms with Crippen molar-refractivity contribution < 1.29 is 14.3 Å². The molecule has 0 fully saturated rings. The molecule has 0 aliphatic rings. The summed E-state index contributed by atoms with van der Waals surface area (Å²) in [5.74, 6) is -0.807. The lowest BCUT2D eigenvalue weighted by Crippen LogP contribution is -2.13. The van der Waals surface area contributed by atoms with E-state index in [0.29, 0.717) is 16.3 Å². The molecule has 0 saturated carbocycles. The molecule has 0 aliphatic heterocycles. The molecule has 0 atom stereocenters. The number of nitrogens with one attached hydrogen (secondary N) is 1. The summed E-state index contributed by atoms with van der Waals surface area (Å²) >= 11 is 2.60. The number of carbonyl (C=O) groups is 2. The standard InChI is InChI=1S/C10H8N2O3S2/c1-15-10(14)6-2-3-17-9(6)12-8(13)7-4-16-5-11-7/h2-5H,1H3,(H,12,13). The molecule has 5 nitrogen and oxygen atoms in total. The molecule has 0 bridgehead atoms. The van der Waals surface area contributed by atoms with Gasteiger partial charge in [-0.3, -0.25) is 4.79 Å². The maximum absolute atomic E-state index is 11.7. The minimum absolute atomic E-state index is 0.333. The zero-order chi connectivity index (χ0) is 12.3. The molecule has 1 N–H and O–H groups in total. The molecule has 7 heteroatoms. The Morgan fingerprint density at radius 3 is 2.94 bits per heavy atom. The summed E-state index contributed by atoms with van der Waals surface area (Å²) < 4.78 is 4.61. The second kappa shape index (κ2) is 5.07. The highest BCUT2D eigenvalue weighted by Crippen LogP contribution is 2.24. The first-order chi connectivity index (χ1) is 8.22. The van der Waals surface area contributed by atoms with Crippen LogP contribution in [0.1, 0.15) is 20.8 Å². The van der Waals surface area contributed by atoms with Crippen molar-refractivity contribution in [3.63, 3.8) is 0 Å². The fourth-order valence-corrected chi connectivity index (χ4v) is 2.47. The number of thiazole rings is 1. The van der Waals surface area contributed by atoms with Gasteiger partial charge in [0.1, 0.15) is 10.7 Å². The molecule has 2 rings (SSSR count). The highest BCUT2D eigenvalue weighted by molar-refractivity contribution is 7.14. The Balaban J connectivity index is 2.17. The van der Waals surface area contributed by atoms with Gasteiger partial charge in [-0.05, 0) is 11.4 Å². The lowest BCUT2D eigenvalue weighted by atomic mass is 10.3. The Bertz CT molecular complexity index is 534. The van der Waals surface area contributed by atoms with E-state index in [9.17, 15) is 9.59 Å². The average molecular weight is 268 g/mol. The van der Waals surface area contributed by atoms with E-state index in [1.807, 2.05) is 0 Å². The number of aromatic nitrogens is 1. The van der Waals surface area contributed by atoms with Gasteiger partial charge in [0, 0.05) is 5.38 Å². The van der Waals surface area contributed by atoms with Gasteiger partial charge in [0.2, 0.25) is 0 Å². The van der Waals surface area contributed by atoms with E-state index < -0.39 is 5.97 Å². The topological polar surface area (TPSA) is 68.3 Å². The van der Waals surface area contributed by atoms with Crippen molar-refractivity contribution in [3.05, 3.63) is 33.6 Å². The van der Waals surface area contributed by atoms with E-state index >= 15 is 0 Å². The van der Waals surface area contributed by atoms with Gasteiger partial charge in [-0.25, -0.2) is 9.78 Å². The number of rotatable bonds is 3. The number of nitrogens with zero attached hydrogens (tertiary/aromatic N) is 1. The van der Waals surface area contributed by atoms with Crippen molar-refractivity contribution in [1.29, 1.82) is 0 Å². The summed E-state index contributed by atoms with van der Waals surface area (Å²) in [6, 6.07) is 1.60. The van der Waals surface area contributed by atoms with Crippen molar-refractivity contribution in [3.8, 4) is 0 Å². The molecule has 0 saturated heterocycles. The van der Waals surface area contributed by atoms with E-state index in [-0.39, 0.29) is 5.91 Å². The number of methoxy groups -OCH3 is 1. The molecular formula is C10H8N2O3S2. The molecule has 0 aliphatic carbocycles. The lowest BCUT2D eigenvalue weighted by molar-refractivity contribution is 0.0602. The quantitative estimate of drug-likeness (QED) is 0.867. The van der Waals surface area contributed by atoms with E-state index in [2.05, 4.69) is 15.0 Å². The predicted molar refractivity (Wildman–Crippen MR) is 65.7 cm³/mol. The summed E-state index contributed by atoms with van der Waals surface area (Å²) in [6.07, 6.45) is 0. The molecule has 2 aromatic heterocycles. The van der Waals surface area contributed by atoms with Gasteiger partial charge in [0.05, 0.1) is 18.2 Å². The largest absolute Gasteiger partial charge is 0.465 e. The Morgan fingerprint density at radius 1 is 1.47 bits per heavy atom. The number of amides is 1. The first-order valence-corrected chi connectivity index (χ1v) is 6.40. The molecule has 17 heavy (non-hydrogen) atoms. The number of carbonyl (C=O) groups excluding carboxylic acids is 2. The molecule has 0 unspecified atom stereocenters. The molecular weight excluding hydrogens is 260 g/mol. The predicted octanol–water partition coefficient (Wildman–Crippen LogP) is 2.24. The van der Waals surface area contributed by atoms with Crippen LogP contribution in [0.15, 0.2) is 22.3 Å². The fraction of sp³-hybridized carbons (Fsp3) is 0.100. The van der Waals surface area contributed by atoms with Gasteiger partial charge in [-0.15, -0.1) is 22.7 Å². The lowest BCUT2D eigenvalue weighted by Gasteiger charge is -2.03. The summed E-state index contributed by atoms with van der Waals surface area (Å²) in [5, 5.41) is 6.45. The van der Waals surface area contributed by atoms with Crippen LogP contribution in [0.2, 0.25) is 0 Å². The second-order valence-electron chi connectivity index (χ2n) is 2.98. The molecule has 2 heterocycles. The van der Waals surface area contributed by atoms with E-state index in [4.69, 9.17) is 0 Å². The monoisotopic (exact) mass is 268 g/mol. The Hall–Kier alpha value is -1.73. The van der Waals surface area contributed by atoms with Gasteiger partial charge < -0.3 is 10.1 Å². The minimum Gasteiger partial charge on any atom is -0.465 e. The smallest absolute Gasteiger partial charge is 0.340 e. The van der Waals surface area contributed by atoms with Gasteiger partial charge in [-0.1, -0.05) is 0 Å². The van der Waals surface area contributed by atoms with Gasteiger partial charge >= 0.3 is 5.97 Å². The van der Waals surface area contributed by atoms with Crippen LogP contribution in [-0.4, -0.2) is 24.0 Å². The first kappa shape index (κ1) is 11.7. The van der Waals surface area contributed by atoms with Crippen molar-refractivity contribution in [2.75, 3.05) is 12.4 Å². The zero-order valence-electron chi connectivity index (χ0n) is 8.80. The Morgan fingerprint density at radius 2 is 2.29 bits per heavy atom. The van der Waals surface area contributed by atoms with Gasteiger partial charge in [0.15, 0.2) is 0 Å². The summed E-state index contributed by atoms with van der Waals surface area (Å²) in [6.45, 7) is 0. The number of esters is 1. The highest BCUT2D eigenvalue weighted by Gasteiger charge is 2.16. The van der Waals surface area contributed by atoms with Crippen LogP contribution in [0.3, 0.4) is 0 Å². The maximum Gasteiger partial charge on any atom is 0.340 e. The molecule has 0 radical (unpaired) electrons. The van der Waals surface area contributed by atoms with Crippen molar-refractivity contribution in [2.24, 2.45) is 0 Å². The Labute approximate surface area is 105 Å². The van der Waals surface area contributed by atoms with Crippen LogP contribution in [0.4, 0.5) is 5.00 Å². The van der Waals surface area contributed by atoms with Crippen LogP contribution in [0.25, 0.3) is 0 Å². The van der Waals surface area contributed by atoms with Crippen molar-refractivity contribution in [2.45, 2.75) is 0 Å². The van der Waals surface area contributed by atoms with Gasteiger partial charge in [-0.2, -0.15) is 0 Å². The third-order valence-corrected chi connectivity index (χ3v) is 3.38. The van der Waals surface area contributed by atoms with E-state index in [1.165, 1.54) is 29.8 Å². The van der Waals surface area contributed by atoms with Crippen molar-refractivity contribution >= 4 is 39.6 Å². The molecule has 0 aromatic carbocycles. The molecule has 2 aromatic rings. The number of anilines is 1. The number of thiophene rings is 1. The number of ether oxygens (including phenoxy) is 1. The summed E-state index contributed by atoms with van der Waals surface area (Å²) in [7, 11) is 1.30. The molecule has 0 spiro atoms. The second-order valence-corrected chi connectivity index (χ2v) is 4.62. The Kier molecular flexibility index (Phi) is 3.50. The summed E-state index contributed by atoms with van der Waals surface area (Å²) in [5.41, 5.74) is 2.25. The van der Waals surface area contributed by atoms with Crippen molar-refractivity contribution in [1.82, 2.24) is 4.98 Å². The molecule has 88 valence electrons. The van der Waals surface area contributed by atoms with Crippen LogP contribution >= 0.6 is 22.7 Å². The summed E-state index contributed by atoms with van der Waals surface area (Å²) in [4.78, 5) is 27.0. The van der Waals surface area contributed by atoms with Crippen LogP contribution in [0, 0.1) is 0 Å². The van der Waals surface area contributed by atoms with E-state index in [1.54, 1.807) is 22.3 Å². The SMILES string of the molecule is COC(=O)c1ccsc1NC(=O)c1cscn1. The highest BCUT2D eigenvalue weighted by atomic mass is 32.1. The number of hydrogen-bond donors (Lipinski definition) is 1. The minimum atomic E-state index is -0.472. The third-order valence-electron chi connectivity index (χ3n) is 1.96. The van der Waals surface area contributed by atoms with E-state index in [0.717, 1.165) is 0 Å². The zero-order valence-corrected chi connectivity index (χ0v) is 10.4. The maximum atomic E-state index is 11.7. The fourth-order valence-electron chi connectivity index (χ4n) is 1.17. The normalized spacial score (nSPS) is 9.94. The van der Waals surface area contributed by atoms with Crippen LogP contribution in [-0.2, 0) is 4.74 Å². The van der Waals surface area contributed by atoms with Crippen LogP contribution in [0.5, 0.6) is 0 Å². The first-order valence-electron chi connectivity index (χ1n) is 4.57. The molecule has 1 amide bonds.